The Morgan fingerprint density at radius 2 is 1.75 bits per heavy atom. The first kappa shape index (κ1) is 21.5. The topological polar surface area (TPSA) is 67.3 Å². The zero-order valence-corrected chi connectivity index (χ0v) is 18.4. The fraction of sp³-hybridized carbons (Fsp3) is 0.192. The van der Waals surface area contributed by atoms with E-state index in [4.69, 9.17) is 9.72 Å². The van der Waals surface area contributed by atoms with E-state index in [1.54, 1.807) is 19.5 Å². The van der Waals surface area contributed by atoms with Gasteiger partial charge in [0.25, 0.3) is 5.91 Å². The molecule has 0 aliphatic heterocycles. The monoisotopic (exact) mass is 426 g/mol. The van der Waals surface area contributed by atoms with E-state index < -0.39 is 0 Å². The molecule has 4 aromatic rings. The maximum absolute atomic E-state index is 13.3. The molecule has 1 N–H and O–H groups in total. The van der Waals surface area contributed by atoms with Gasteiger partial charge in [0.05, 0.1) is 29.9 Å². The van der Waals surface area contributed by atoms with Crippen molar-refractivity contribution in [3.05, 3.63) is 90.3 Å². The van der Waals surface area contributed by atoms with Crippen molar-refractivity contribution in [3.8, 4) is 17.0 Å². The summed E-state index contributed by atoms with van der Waals surface area (Å²) in [6.45, 7) is 0.472. The van der Waals surface area contributed by atoms with Crippen LogP contribution in [-0.4, -0.2) is 48.5 Å². The predicted octanol–water partition coefficient (Wildman–Crippen LogP) is 4.34. The predicted molar refractivity (Wildman–Crippen MR) is 127 cm³/mol. The Morgan fingerprint density at radius 3 is 2.44 bits per heavy atom. The van der Waals surface area contributed by atoms with Gasteiger partial charge in [-0.15, -0.1) is 0 Å². The number of carbonyl (C=O) groups is 1. The number of nitrogens with one attached hydrogen (secondary N) is 1. The van der Waals surface area contributed by atoms with E-state index in [0.29, 0.717) is 12.1 Å². The molecule has 0 aliphatic rings. The summed E-state index contributed by atoms with van der Waals surface area (Å²) in [5.74, 6) is 0.682. The average Bonchev–Trinajstić information content (AvgIpc) is 2.84. The molecule has 0 bridgehead atoms. The smallest absolute Gasteiger partial charge is 0.252 e. The number of pyridine rings is 2. The van der Waals surface area contributed by atoms with Gasteiger partial charge in [0, 0.05) is 29.9 Å². The number of likely N-dealkylation sites (N-methyl/N-ethyl adjacent to an activating group) is 1. The number of ether oxygens (including phenoxy) is 1. The van der Waals surface area contributed by atoms with Gasteiger partial charge >= 0.3 is 0 Å². The number of rotatable bonds is 7. The Labute approximate surface area is 187 Å². The van der Waals surface area contributed by atoms with Gasteiger partial charge in [-0.25, -0.2) is 4.98 Å². The van der Waals surface area contributed by atoms with Crippen LogP contribution in [0.15, 0.2) is 79.1 Å². The fourth-order valence-corrected chi connectivity index (χ4v) is 3.74. The molecule has 2 aromatic carbocycles. The van der Waals surface area contributed by atoms with Gasteiger partial charge < -0.3 is 15.0 Å². The Balaban J connectivity index is 1.62. The van der Waals surface area contributed by atoms with Crippen LogP contribution in [0.1, 0.15) is 22.0 Å². The lowest BCUT2D eigenvalue weighted by molar-refractivity contribution is 0.0943. The van der Waals surface area contributed by atoms with Crippen LogP contribution in [0.3, 0.4) is 0 Å². The van der Waals surface area contributed by atoms with Crippen LogP contribution < -0.4 is 10.1 Å². The van der Waals surface area contributed by atoms with Crippen molar-refractivity contribution >= 4 is 16.8 Å². The molecule has 0 saturated carbocycles. The van der Waals surface area contributed by atoms with Crippen LogP contribution in [0, 0.1) is 0 Å². The molecule has 0 fully saturated rings. The highest BCUT2D eigenvalue weighted by atomic mass is 16.5. The Morgan fingerprint density at radius 1 is 1.03 bits per heavy atom. The van der Waals surface area contributed by atoms with Gasteiger partial charge in [-0.2, -0.15) is 0 Å². The zero-order chi connectivity index (χ0) is 22.5. The zero-order valence-electron chi connectivity index (χ0n) is 18.4. The second kappa shape index (κ2) is 9.58. The maximum Gasteiger partial charge on any atom is 0.252 e. The molecule has 6 nitrogen and oxygen atoms in total. The van der Waals surface area contributed by atoms with Gasteiger partial charge in [0.2, 0.25) is 0 Å². The van der Waals surface area contributed by atoms with Crippen LogP contribution in [-0.2, 0) is 0 Å². The number of carbonyl (C=O) groups excluding carboxylic acids is 1. The minimum Gasteiger partial charge on any atom is -0.497 e. The summed E-state index contributed by atoms with van der Waals surface area (Å²) in [5, 5.41) is 3.95. The number of hydrogen-bond donors (Lipinski definition) is 1. The lowest BCUT2D eigenvalue weighted by Crippen LogP contribution is -2.34. The van der Waals surface area contributed by atoms with Crippen LogP contribution >= 0.6 is 0 Å². The number of para-hydroxylation sites is 1. The van der Waals surface area contributed by atoms with Crippen molar-refractivity contribution in [3.63, 3.8) is 0 Å². The number of methoxy groups -OCH3 is 1. The van der Waals surface area contributed by atoms with Crippen molar-refractivity contribution in [2.24, 2.45) is 0 Å². The molecule has 1 atom stereocenters. The second-order valence-corrected chi connectivity index (χ2v) is 7.77. The van der Waals surface area contributed by atoms with Crippen LogP contribution in [0.2, 0.25) is 0 Å². The number of aromatic nitrogens is 2. The minimum absolute atomic E-state index is 0.0256. The largest absolute Gasteiger partial charge is 0.497 e. The first-order chi connectivity index (χ1) is 15.6. The fourth-order valence-electron chi connectivity index (χ4n) is 3.74. The first-order valence-corrected chi connectivity index (χ1v) is 10.5. The molecule has 6 heteroatoms. The summed E-state index contributed by atoms with van der Waals surface area (Å²) in [4.78, 5) is 24.2. The molecule has 0 saturated heterocycles. The molecule has 2 heterocycles. The van der Waals surface area contributed by atoms with Crippen LogP contribution in [0.4, 0.5) is 0 Å². The van der Waals surface area contributed by atoms with Crippen LogP contribution in [0.25, 0.3) is 22.2 Å². The van der Waals surface area contributed by atoms with Crippen LogP contribution in [0.5, 0.6) is 5.75 Å². The molecule has 2 aromatic heterocycles. The lowest BCUT2D eigenvalue weighted by atomic mass is 10.0. The number of hydrogen-bond acceptors (Lipinski definition) is 5. The van der Waals surface area contributed by atoms with E-state index in [9.17, 15) is 4.79 Å². The number of benzene rings is 2. The normalized spacial score (nSPS) is 12.0. The summed E-state index contributed by atoms with van der Waals surface area (Å²) >= 11 is 0. The molecule has 1 amide bonds. The van der Waals surface area contributed by atoms with Crippen molar-refractivity contribution in [1.29, 1.82) is 0 Å². The third-order valence-corrected chi connectivity index (χ3v) is 5.52. The van der Waals surface area contributed by atoms with E-state index in [-0.39, 0.29) is 11.9 Å². The summed E-state index contributed by atoms with van der Waals surface area (Å²) in [5.41, 5.74) is 4.16. The van der Waals surface area contributed by atoms with Gasteiger partial charge in [0.1, 0.15) is 5.75 Å². The molecule has 0 aliphatic carbocycles. The SMILES string of the molecule is COc1ccc([C@@H](CNC(=O)c2cc(-c3ccncc3)nc3ccccc23)N(C)C)cc1. The van der Waals surface area contributed by atoms with E-state index in [0.717, 1.165) is 33.5 Å². The van der Waals surface area contributed by atoms with Crippen molar-refractivity contribution in [2.45, 2.75) is 6.04 Å². The maximum atomic E-state index is 13.3. The molecule has 0 unspecified atom stereocenters. The summed E-state index contributed by atoms with van der Waals surface area (Å²) in [6.07, 6.45) is 3.45. The molecule has 4 rings (SSSR count). The number of amides is 1. The molecule has 162 valence electrons. The van der Waals surface area contributed by atoms with Gasteiger partial charge in [-0.05, 0) is 56.1 Å². The Kier molecular flexibility index (Phi) is 6.42. The van der Waals surface area contributed by atoms with Gasteiger partial charge in [0.15, 0.2) is 0 Å². The third kappa shape index (κ3) is 4.60. The molecule has 32 heavy (non-hydrogen) atoms. The standard InChI is InChI=1S/C26H26N4O2/c1-30(2)25(19-8-10-20(32-3)11-9-19)17-28-26(31)22-16-24(18-12-14-27-15-13-18)29-23-7-5-4-6-21(22)23/h4-16,25H,17H2,1-3H3,(H,28,31)/t25-/m1/s1. The van der Waals surface area contributed by atoms with E-state index in [1.165, 1.54) is 0 Å². The highest BCUT2D eigenvalue weighted by Gasteiger charge is 2.18. The van der Waals surface area contributed by atoms with E-state index in [2.05, 4.69) is 15.2 Å². The molecule has 0 spiro atoms. The van der Waals surface area contributed by atoms with E-state index >= 15 is 0 Å². The average molecular weight is 427 g/mol. The highest BCUT2D eigenvalue weighted by Crippen LogP contribution is 2.25. The number of nitrogens with zero attached hydrogens (tertiary/aromatic N) is 3. The first-order valence-electron chi connectivity index (χ1n) is 10.5. The number of fused-ring (bicyclic) bond motifs is 1. The van der Waals surface area contributed by atoms with Crippen molar-refractivity contribution in [1.82, 2.24) is 20.2 Å². The summed E-state index contributed by atoms with van der Waals surface area (Å²) in [7, 11) is 5.66. The van der Waals surface area contributed by atoms with Crippen molar-refractivity contribution in [2.75, 3.05) is 27.7 Å². The highest BCUT2D eigenvalue weighted by molar-refractivity contribution is 6.07. The summed E-state index contributed by atoms with van der Waals surface area (Å²) < 4.78 is 5.26. The second-order valence-electron chi connectivity index (χ2n) is 7.77. The molecular weight excluding hydrogens is 400 g/mol. The summed E-state index contributed by atoms with van der Waals surface area (Å²) in [6, 6.07) is 21.3. The van der Waals surface area contributed by atoms with Gasteiger partial charge in [-0.3, -0.25) is 9.78 Å². The Hall–Kier alpha value is -3.77. The van der Waals surface area contributed by atoms with Gasteiger partial charge in [-0.1, -0.05) is 30.3 Å². The van der Waals surface area contributed by atoms with E-state index in [1.807, 2.05) is 80.8 Å². The molecule has 0 radical (unpaired) electrons. The van der Waals surface area contributed by atoms with Crippen molar-refractivity contribution < 1.29 is 9.53 Å². The quantitative estimate of drug-likeness (QED) is 0.476. The Bertz CT molecular complexity index is 1210. The minimum atomic E-state index is -0.126. The third-order valence-electron chi connectivity index (χ3n) is 5.52. The lowest BCUT2D eigenvalue weighted by Gasteiger charge is -2.25. The molecular formula is C26H26N4O2.